The number of nitrogens with zero attached hydrogens (tertiary/aromatic N) is 6. The third kappa shape index (κ3) is 12.1. The first-order valence-corrected chi connectivity index (χ1v) is 21.4. The molecule has 12 nitrogen and oxygen atoms in total. The van der Waals surface area contributed by atoms with Gasteiger partial charge in [0.05, 0.1) is 32.3 Å². The molecule has 0 saturated carbocycles. The Labute approximate surface area is 372 Å². The SMILES string of the molecule is CCN1CCN(C(=O)N(Cc2ccc(C(=O)CN)cc2F)c2ccc(C)c(Cl)c2)CC1.CCN1CCN(C(=O)N(Cc2ccc(C(=O)OC)cc2F)c2ccc(C)c(Cl)c2)CC1. The molecule has 2 aliphatic rings. The van der Waals surface area contributed by atoms with Gasteiger partial charge >= 0.3 is 18.0 Å². The van der Waals surface area contributed by atoms with Crippen LogP contribution in [0.2, 0.25) is 10.0 Å². The van der Waals surface area contributed by atoms with E-state index in [1.165, 1.54) is 41.2 Å². The van der Waals surface area contributed by atoms with Gasteiger partial charge in [-0.3, -0.25) is 14.6 Å². The van der Waals surface area contributed by atoms with Crippen molar-refractivity contribution in [3.8, 4) is 0 Å². The number of likely N-dealkylation sites (N-methyl/N-ethyl adjacent to an activating group) is 2. The molecular formula is C46H55Cl2F2N7O5. The zero-order valence-electron chi connectivity index (χ0n) is 35.9. The maximum absolute atomic E-state index is 14.8. The van der Waals surface area contributed by atoms with Gasteiger partial charge in [0.2, 0.25) is 0 Å². The molecule has 0 spiro atoms. The van der Waals surface area contributed by atoms with E-state index >= 15 is 0 Å². The maximum Gasteiger partial charge on any atom is 0.337 e. The molecule has 0 radical (unpaired) electrons. The summed E-state index contributed by atoms with van der Waals surface area (Å²) in [6.45, 7) is 15.3. The van der Waals surface area contributed by atoms with Gasteiger partial charge in [-0.2, -0.15) is 0 Å². The fraction of sp³-hybridized carbons (Fsp3) is 0.391. The molecular weight excluding hydrogens is 839 g/mol. The maximum atomic E-state index is 14.8. The Hall–Kier alpha value is -5.12. The number of hydrogen-bond acceptors (Lipinski definition) is 8. The Kier molecular flexibility index (Phi) is 17.2. The summed E-state index contributed by atoms with van der Waals surface area (Å²) in [5, 5.41) is 1.07. The zero-order valence-corrected chi connectivity index (χ0v) is 37.4. The predicted octanol–water partition coefficient (Wildman–Crippen LogP) is 8.03. The topological polar surface area (TPSA) is 123 Å². The molecule has 0 atom stereocenters. The van der Waals surface area contributed by atoms with Crippen LogP contribution in [0.5, 0.6) is 0 Å². The van der Waals surface area contributed by atoms with Crippen LogP contribution in [0.15, 0.2) is 72.8 Å². The van der Waals surface area contributed by atoms with E-state index < -0.39 is 17.6 Å². The summed E-state index contributed by atoms with van der Waals surface area (Å²) in [4.78, 5) is 61.5. The van der Waals surface area contributed by atoms with E-state index in [1.807, 2.05) is 38.1 Å². The van der Waals surface area contributed by atoms with Gasteiger partial charge in [-0.05, 0) is 80.5 Å². The highest BCUT2D eigenvalue weighted by molar-refractivity contribution is 6.32. The summed E-state index contributed by atoms with van der Waals surface area (Å²) in [6, 6.07) is 18.7. The van der Waals surface area contributed by atoms with Crippen molar-refractivity contribution in [1.82, 2.24) is 19.6 Å². The van der Waals surface area contributed by atoms with Crippen LogP contribution in [0, 0.1) is 25.5 Å². The van der Waals surface area contributed by atoms with E-state index in [2.05, 4.69) is 28.4 Å². The minimum atomic E-state index is -0.613. The lowest BCUT2D eigenvalue weighted by Crippen LogP contribution is -2.52. The molecule has 16 heteroatoms. The Bertz CT molecular complexity index is 2080. The van der Waals surface area contributed by atoms with Crippen LogP contribution in [0.1, 0.15) is 56.8 Å². The number of ether oxygens (including phenoxy) is 1. The van der Waals surface area contributed by atoms with Crippen LogP contribution in [0.4, 0.5) is 29.7 Å². The number of hydrogen-bond donors (Lipinski definition) is 1. The largest absolute Gasteiger partial charge is 0.465 e. The lowest BCUT2D eigenvalue weighted by Gasteiger charge is -2.37. The van der Waals surface area contributed by atoms with Crippen LogP contribution >= 0.6 is 23.2 Å². The lowest BCUT2D eigenvalue weighted by atomic mass is 10.1. The number of ketones is 1. The number of benzene rings is 4. The van der Waals surface area contributed by atoms with Gasteiger partial charge in [0.15, 0.2) is 5.78 Å². The number of Topliss-reactive ketones (excluding diaryl/α,β-unsaturated/α-hetero) is 1. The fourth-order valence-electron chi connectivity index (χ4n) is 7.12. The standard InChI is InChI=1S/C23H28ClFN4O2.C23H27ClFN3O3/c1-3-27-8-10-28(11-9-27)23(31)29(19-7-4-16(2)20(24)13-19)15-18-6-5-17(12-21(18)25)22(30)14-26;1-4-26-9-11-27(12-10-26)23(30)28(19-8-5-16(2)20(24)14-19)15-18-7-6-17(13-21(18)25)22(29)31-3/h4-7,12-13H,3,8-11,14-15,26H2,1-2H3;5-8,13-14H,4,9-12,15H2,1-3H3. The number of halogens is 4. The monoisotopic (exact) mass is 893 g/mol. The van der Waals surface area contributed by atoms with Crippen molar-refractivity contribution in [3.05, 3.63) is 128 Å². The van der Waals surface area contributed by atoms with Crippen molar-refractivity contribution in [2.75, 3.05) is 88.9 Å². The molecule has 62 heavy (non-hydrogen) atoms. The Balaban J connectivity index is 0.000000234. The van der Waals surface area contributed by atoms with Crippen molar-refractivity contribution >= 4 is 58.4 Å². The molecule has 2 saturated heterocycles. The van der Waals surface area contributed by atoms with E-state index in [-0.39, 0.29) is 48.6 Å². The van der Waals surface area contributed by atoms with Crippen molar-refractivity contribution in [1.29, 1.82) is 0 Å². The van der Waals surface area contributed by atoms with Gasteiger partial charge in [-0.1, -0.05) is 67.4 Å². The molecule has 0 unspecified atom stereocenters. The number of amides is 4. The molecule has 0 bridgehead atoms. The Morgan fingerprint density at radius 3 is 1.39 bits per heavy atom. The second kappa shape index (κ2) is 22.3. The minimum Gasteiger partial charge on any atom is -0.465 e. The zero-order chi connectivity index (χ0) is 45.1. The number of esters is 1. The number of methoxy groups -OCH3 is 1. The molecule has 0 aliphatic carbocycles. The molecule has 4 aromatic rings. The smallest absolute Gasteiger partial charge is 0.337 e. The highest BCUT2D eigenvalue weighted by Gasteiger charge is 2.29. The van der Waals surface area contributed by atoms with Crippen molar-refractivity contribution in [3.63, 3.8) is 0 Å². The van der Waals surface area contributed by atoms with E-state index in [0.29, 0.717) is 58.7 Å². The number of urea groups is 2. The number of aryl methyl sites for hydroxylation is 2. The predicted molar refractivity (Wildman–Crippen MR) is 240 cm³/mol. The van der Waals surface area contributed by atoms with Gasteiger partial charge < -0.3 is 30.1 Å². The quantitative estimate of drug-likeness (QED) is 0.119. The summed E-state index contributed by atoms with van der Waals surface area (Å²) in [6.07, 6.45) is 0. The average molecular weight is 895 g/mol. The third-order valence-electron chi connectivity index (χ3n) is 11.3. The number of anilines is 2. The van der Waals surface area contributed by atoms with Gasteiger partial charge in [0, 0.05) is 90.5 Å². The molecule has 2 heterocycles. The van der Waals surface area contributed by atoms with Gasteiger partial charge in [-0.25, -0.2) is 23.2 Å². The van der Waals surface area contributed by atoms with Crippen LogP contribution in [0.25, 0.3) is 0 Å². The number of piperazine rings is 2. The molecule has 2 N–H and O–H groups in total. The summed E-state index contributed by atoms with van der Waals surface area (Å²) in [5.74, 6) is -2.07. The van der Waals surface area contributed by atoms with E-state index in [1.54, 1.807) is 28.0 Å². The van der Waals surface area contributed by atoms with Crippen LogP contribution in [0.3, 0.4) is 0 Å². The Morgan fingerprint density at radius 2 is 1.03 bits per heavy atom. The van der Waals surface area contributed by atoms with Crippen molar-refractivity contribution in [2.45, 2.75) is 40.8 Å². The van der Waals surface area contributed by atoms with Crippen LogP contribution < -0.4 is 15.5 Å². The van der Waals surface area contributed by atoms with Crippen LogP contribution in [-0.4, -0.2) is 123 Å². The molecule has 4 aromatic carbocycles. The highest BCUT2D eigenvalue weighted by Crippen LogP contribution is 2.29. The van der Waals surface area contributed by atoms with Gasteiger partial charge in [0.25, 0.3) is 0 Å². The van der Waals surface area contributed by atoms with Crippen LogP contribution in [-0.2, 0) is 17.8 Å². The van der Waals surface area contributed by atoms with E-state index in [0.717, 1.165) is 56.5 Å². The summed E-state index contributed by atoms with van der Waals surface area (Å²) in [5.41, 5.74) is 9.29. The average Bonchev–Trinajstić information content (AvgIpc) is 3.29. The molecule has 332 valence electrons. The van der Waals surface area contributed by atoms with Gasteiger partial charge in [-0.15, -0.1) is 0 Å². The number of nitrogens with two attached hydrogens (primary N) is 1. The van der Waals surface area contributed by atoms with E-state index in [9.17, 15) is 28.0 Å². The molecule has 6 rings (SSSR count). The fourth-order valence-corrected chi connectivity index (χ4v) is 7.47. The third-order valence-corrected chi connectivity index (χ3v) is 12.1. The van der Waals surface area contributed by atoms with Gasteiger partial charge in [0.1, 0.15) is 11.6 Å². The van der Waals surface area contributed by atoms with Crippen molar-refractivity contribution in [2.24, 2.45) is 5.73 Å². The minimum absolute atomic E-state index is 0.0134. The first-order chi connectivity index (χ1) is 29.7. The Morgan fingerprint density at radius 1 is 0.629 bits per heavy atom. The number of carbonyl (C=O) groups is 4. The first-order valence-electron chi connectivity index (χ1n) is 20.7. The molecule has 2 aliphatic heterocycles. The lowest BCUT2D eigenvalue weighted by molar-refractivity contribution is 0.0600. The summed E-state index contributed by atoms with van der Waals surface area (Å²) >= 11 is 12.6. The second-order valence-electron chi connectivity index (χ2n) is 15.2. The molecule has 4 amide bonds. The summed E-state index contributed by atoms with van der Waals surface area (Å²) < 4.78 is 34.2. The van der Waals surface area contributed by atoms with Crippen molar-refractivity contribution < 1.29 is 32.7 Å². The normalized spacial score (nSPS) is 14.5. The number of carbonyl (C=O) groups excluding carboxylic acids is 4. The second-order valence-corrected chi connectivity index (χ2v) is 16.0. The summed E-state index contributed by atoms with van der Waals surface area (Å²) in [7, 11) is 1.24. The number of rotatable bonds is 11. The molecule has 0 aromatic heterocycles. The highest BCUT2D eigenvalue weighted by atomic mass is 35.5. The first kappa shape index (κ1) is 47.9. The molecule has 2 fully saturated rings. The van der Waals surface area contributed by atoms with E-state index in [4.69, 9.17) is 28.9 Å².